The summed E-state index contributed by atoms with van der Waals surface area (Å²) in [6.45, 7) is 7.86. The second-order valence-corrected chi connectivity index (χ2v) is 8.96. The molecule has 0 N–H and O–H groups in total. The van der Waals surface area contributed by atoms with Crippen LogP contribution in [0.4, 0.5) is 0 Å². The second-order valence-electron chi connectivity index (χ2n) is 6.89. The van der Waals surface area contributed by atoms with Crippen molar-refractivity contribution >= 4 is 15.7 Å². The van der Waals surface area contributed by atoms with E-state index in [2.05, 4.69) is 0 Å². The molecule has 1 fully saturated rings. The lowest BCUT2D eigenvalue weighted by molar-refractivity contribution is -0.134. The molecule has 0 aromatic heterocycles. The fourth-order valence-corrected chi connectivity index (χ4v) is 4.83. The summed E-state index contributed by atoms with van der Waals surface area (Å²) in [6.07, 6.45) is 3.00. The monoisotopic (exact) mass is 337 g/mol. The fourth-order valence-electron chi connectivity index (χ4n) is 3.42. The zero-order valence-corrected chi connectivity index (χ0v) is 15.3. The van der Waals surface area contributed by atoms with Crippen LogP contribution in [0.5, 0.6) is 0 Å². The highest BCUT2D eigenvalue weighted by Gasteiger charge is 2.31. The molecule has 1 aromatic carbocycles. The summed E-state index contributed by atoms with van der Waals surface area (Å²) in [5.74, 6) is -0.715. The lowest BCUT2D eigenvalue weighted by Gasteiger charge is -2.39. The van der Waals surface area contributed by atoms with Crippen LogP contribution in [0.25, 0.3) is 0 Å². The number of aryl methyl sites for hydroxylation is 2. The molecule has 0 unspecified atom stereocenters. The van der Waals surface area contributed by atoms with Crippen molar-refractivity contribution in [3.8, 4) is 0 Å². The molecule has 5 heteroatoms. The number of piperidine rings is 1. The van der Waals surface area contributed by atoms with Crippen molar-refractivity contribution in [1.82, 2.24) is 4.90 Å². The first kappa shape index (κ1) is 18.0. The van der Waals surface area contributed by atoms with Crippen molar-refractivity contribution in [2.45, 2.75) is 64.8 Å². The molecule has 0 saturated carbocycles. The van der Waals surface area contributed by atoms with Crippen LogP contribution in [0.2, 0.25) is 0 Å². The molecule has 2 atom stereocenters. The quantitative estimate of drug-likeness (QED) is 0.848. The van der Waals surface area contributed by atoms with Crippen LogP contribution in [-0.2, 0) is 20.4 Å². The first-order valence-corrected chi connectivity index (χ1v) is 10.1. The van der Waals surface area contributed by atoms with Gasteiger partial charge in [0.1, 0.15) is 5.75 Å². The van der Waals surface area contributed by atoms with E-state index in [9.17, 15) is 13.2 Å². The average Bonchev–Trinajstić information content (AvgIpc) is 2.41. The van der Waals surface area contributed by atoms with Gasteiger partial charge in [0.2, 0.25) is 5.91 Å². The van der Waals surface area contributed by atoms with Gasteiger partial charge >= 0.3 is 0 Å². The van der Waals surface area contributed by atoms with Gasteiger partial charge in [-0.2, -0.15) is 0 Å². The molecule has 1 aromatic rings. The Bertz CT molecular complexity index is 672. The molecule has 1 aliphatic rings. The predicted molar refractivity (Wildman–Crippen MR) is 93.0 cm³/mol. The van der Waals surface area contributed by atoms with Gasteiger partial charge in [-0.25, -0.2) is 8.42 Å². The molecule has 1 saturated heterocycles. The van der Waals surface area contributed by atoms with Crippen molar-refractivity contribution in [2.75, 3.05) is 5.75 Å². The number of carbonyl (C=O) groups excluding carboxylic acids is 1. The molecule has 0 aliphatic carbocycles. The number of sulfone groups is 1. The smallest absolute Gasteiger partial charge is 0.238 e. The van der Waals surface area contributed by atoms with Crippen LogP contribution < -0.4 is 0 Å². The van der Waals surface area contributed by atoms with E-state index in [1.807, 2.05) is 45.9 Å². The number of hydrogen-bond donors (Lipinski definition) is 0. The first-order chi connectivity index (χ1) is 10.7. The third kappa shape index (κ3) is 4.56. The molecule has 4 nitrogen and oxygen atoms in total. The van der Waals surface area contributed by atoms with Crippen LogP contribution in [-0.4, -0.2) is 37.1 Å². The summed E-state index contributed by atoms with van der Waals surface area (Å²) in [5.41, 5.74) is 2.77. The minimum atomic E-state index is -3.46. The molecule has 1 amide bonds. The van der Waals surface area contributed by atoms with Gasteiger partial charge in [-0.3, -0.25) is 4.79 Å². The van der Waals surface area contributed by atoms with Crippen LogP contribution in [0.3, 0.4) is 0 Å². The van der Waals surface area contributed by atoms with Crippen LogP contribution in [0.15, 0.2) is 18.2 Å². The third-order valence-corrected chi connectivity index (χ3v) is 6.14. The Kier molecular flexibility index (Phi) is 5.50. The third-order valence-electron chi connectivity index (χ3n) is 4.70. The van der Waals surface area contributed by atoms with Gasteiger partial charge in [0.15, 0.2) is 9.84 Å². The normalized spacial score (nSPS) is 22.2. The van der Waals surface area contributed by atoms with E-state index in [1.165, 1.54) is 0 Å². The summed E-state index contributed by atoms with van der Waals surface area (Å²) >= 11 is 0. The summed E-state index contributed by atoms with van der Waals surface area (Å²) in [4.78, 5) is 14.3. The molecule has 0 radical (unpaired) electrons. The number of carbonyl (C=O) groups is 1. The standard InChI is InChI=1S/C18H27NO3S/c1-13-8-9-14(2)17(10-13)11-23(21,22)12-18(20)19-15(3)6-5-7-16(19)4/h8-10,15-16H,5-7,11-12H2,1-4H3/t15-,16-/m0/s1. The molecular weight excluding hydrogens is 310 g/mol. The lowest BCUT2D eigenvalue weighted by Crippen LogP contribution is -2.49. The van der Waals surface area contributed by atoms with Crippen LogP contribution >= 0.6 is 0 Å². The zero-order valence-electron chi connectivity index (χ0n) is 14.5. The Labute approximate surface area is 139 Å². The Hall–Kier alpha value is -1.36. The average molecular weight is 337 g/mol. The summed E-state index contributed by atoms with van der Waals surface area (Å²) in [5, 5.41) is 0. The maximum atomic E-state index is 12.5. The summed E-state index contributed by atoms with van der Waals surface area (Å²) in [7, 11) is -3.46. The lowest BCUT2D eigenvalue weighted by atomic mass is 9.98. The molecule has 23 heavy (non-hydrogen) atoms. The fraction of sp³-hybridized carbons (Fsp3) is 0.611. The SMILES string of the molecule is Cc1ccc(C)c(CS(=O)(=O)CC(=O)N2[C@@H](C)CCC[C@@H]2C)c1. The number of amides is 1. The number of rotatable bonds is 4. The molecule has 128 valence electrons. The van der Waals surface area contributed by atoms with E-state index in [0.717, 1.165) is 36.0 Å². The Balaban J connectivity index is 2.11. The highest BCUT2D eigenvalue weighted by molar-refractivity contribution is 7.91. The maximum absolute atomic E-state index is 12.5. The Morgan fingerprint density at radius 1 is 1.17 bits per heavy atom. The molecule has 1 aliphatic heterocycles. The van der Waals surface area contributed by atoms with Gasteiger partial charge in [-0.05, 0) is 58.1 Å². The Morgan fingerprint density at radius 2 is 1.78 bits per heavy atom. The van der Waals surface area contributed by atoms with E-state index in [-0.39, 0.29) is 23.7 Å². The summed E-state index contributed by atoms with van der Waals surface area (Å²) < 4.78 is 25.0. The van der Waals surface area contributed by atoms with Crippen LogP contribution in [0.1, 0.15) is 49.8 Å². The van der Waals surface area contributed by atoms with Gasteiger partial charge in [-0.15, -0.1) is 0 Å². The molecule has 0 spiro atoms. The van der Waals surface area contributed by atoms with E-state index in [0.29, 0.717) is 0 Å². The number of nitrogens with zero attached hydrogens (tertiary/aromatic N) is 1. The van der Waals surface area contributed by atoms with Gasteiger partial charge in [0.05, 0.1) is 5.75 Å². The number of benzene rings is 1. The van der Waals surface area contributed by atoms with Crippen LogP contribution in [0, 0.1) is 13.8 Å². The second kappa shape index (κ2) is 7.04. The summed E-state index contributed by atoms with van der Waals surface area (Å²) in [6, 6.07) is 6.04. The van der Waals surface area contributed by atoms with E-state index >= 15 is 0 Å². The minimum Gasteiger partial charge on any atom is -0.336 e. The maximum Gasteiger partial charge on any atom is 0.238 e. The molecular formula is C18H27NO3S. The number of likely N-dealkylation sites (tertiary alicyclic amines) is 1. The van der Waals surface area contributed by atoms with Crippen molar-refractivity contribution in [2.24, 2.45) is 0 Å². The molecule has 2 rings (SSSR count). The van der Waals surface area contributed by atoms with E-state index in [1.54, 1.807) is 4.90 Å². The highest BCUT2D eigenvalue weighted by Crippen LogP contribution is 2.23. The highest BCUT2D eigenvalue weighted by atomic mass is 32.2. The zero-order chi connectivity index (χ0) is 17.2. The molecule has 1 heterocycles. The number of hydrogen-bond acceptors (Lipinski definition) is 3. The minimum absolute atomic E-state index is 0.0666. The topological polar surface area (TPSA) is 54.5 Å². The van der Waals surface area contributed by atoms with Crippen molar-refractivity contribution < 1.29 is 13.2 Å². The van der Waals surface area contributed by atoms with Gasteiger partial charge < -0.3 is 4.90 Å². The first-order valence-electron chi connectivity index (χ1n) is 8.27. The van der Waals surface area contributed by atoms with E-state index in [4.69, 9.17) is 0 Å². The largest absolute Gasteiger partial charge is 0.336 e. The van der Waals surface area contributed by atoms with Gasteiger partial charge in [0.25, 0.3) is 0 Å². The van der Waals surface area contributed by atoms with Gasteiger partial charge in [-0.1, -0.05) is 23.8 Å². The van der Waals surface area contributed by atoms with Crippen molar-refractivity contribution in [1.29, 1.82) is 0 Å². The van der Waals surface area contributed by atoms with Crippen molar-refractivity contribution in [3.63, 3.8) is 0 Å². The van der Waals surface area contributed by atoms with E-state index < -0.39 is 15.6 Å². The Morgan fingerprint density at radius 3 is 2.39 bits per heavy atom. The predicted octanol–water partition coefficient (Wildman–Crippen LogP) is 3.01. The van der Waals surface area contributed by atoms with Crippen molar-refractivity contribution in [3.05, 3.63) is 34.9 Å². The molecule has 0 bridgehead atoms. The van der Waals surface area contributed by atoms with Gasteiger partial charge in [0, 0.05) is 12.1 Å².